The fourth-order valence-corrected chi connectivity index (χ4v) is 2.97. The number of benzene rings is 1. The average Bonchev–Trinajstić information content (AvgIpc) is 3.19. The Morgan fingerprint density at radius 1 is 1.22 bits per heavy atom. The molecule has 18 heavy (non-hydrogen) atoms. The van der Waals surface area contributed by atoms with Crippen molar-refractivity contribution in [2.45, 2.75) is 57.9 Å². The van der Waals surface area contributed by atoms with E-state index in [-0.39, 0.29) is 0 Å². The largest absolute Gasteiger partial charge is 0.313 e. The van der Waals surface area contributed by atoms with Crippen molar-refractivity contribution in [2.24, 2.45) is 5.92 Å². The van der Waals surface area contributed by atoms with Crippen LogP contribution in [0.1, 0.15) is 52.0 Å². The van der Waals surface area contributed by atoms with Crippen LogP contribution in [0, 0.1) is 5.92 Å². The average molecular weight is 245 g/mol. The smallest absolute Gasteiger partial charge is 0.00776 e. The fourth-order valence-electron chi connectivity index (χ4n) is 2.97. The van der Waals surface area contributed by atoms with E-state index in [4.69, 9.17) is 0 Å². The van der Waals surface area contributed by atoms with Crippen molar-refractivity contribution in [3.8, 4) is 0 Å². The van der Waals surface area contributed by atoms with E-state index < -0.39 is 0 Å². The number of hydrogen-bond acceptors (Lipinski definition) is 1. The summed E-state index contributed by atoms with van der Waals surface area (Å²) in [5.41, 5.74) is 1.83. The molecule has 100 valence electrons. The molecule has 0 spiro atoms. The van der Waals surface area contributed by atoms with Gasteiger partial charge in [0.05, 0.1) is 0 Å². The lowest BCUT2D eigenvalue weighted by Crippen LogP contribution is -2.39. The Morgan fingerprint density at radius 2 is 1.89 bits per heavy atom. The molecule has 0 saturated heterocycles. The molecule has 1 aliphatic carbocycles. The first kappa shape index (κ1) is 13.6. The van der Waals surface area contributed by atoms with Crippen molar-refractivity contribution >= 4 is 0 Å². The zero-order chi connectivity index (χ0) is 13.0. The van der Waals surface area contributed by atoms with E-state index in [2.05, 4.69) is 56.4 Å². The van der Waals surface area contributed by atoms with Gasteiger partial charge in [-0.2, -0.15) is 0 Å². The molecule has 1 fully saturated rings. The molecule has 0 aromatic heterocycles. The molecule has 1 aromatic carbocycles. The van der Waals surface area contributed by atoms with Crippen LogP contribution in [0.4, 0.5) is 0 Å². The summed E-state index contributed by atoms with van der Waals surface area (Å²) in [6, 6.07) is 11.9. The lowest BCUT2D eigenvalue weighted by atomic mass is 9.72. The highest BCUT2D eigenvalue weighted by Crippen LogP contribution is 2.35. The van der Waals surface area contributed by atoms with Crippen molar-refractivity contribution in [1.82, 2.24) is 5.32 Å². The molecule has 0 aliphatic heterocycles. The van der Waals surface area contributed by atoms with Crippen molar-refractivity contribution in [3.63, 3.8) is 0 Å². The van der Waals surface area contributed by atoms with E-state index in [9.17, 15) is 0 Å². The van der Waals surface area contributed by atoms with Gasteiger partial charge >= 0.3 is 0 Å². The predicted molar refractivity (Wildman–Crippen MR) is 78.9 cm³/mol. The summed E-state index contributed by atoms with van der Waals surface area (Å²) in [5.74, 6) is 0.742. The van der Waals surface area contributed by atoms with E-state index in [1.165, 1.54) is 31.2 Å². The monoisotopic (exact) mass is 245 g/mol. The highest BCUT2D eigenvalue weighted by atomic mass is 15.0. The molecular weight excluding hydrogens is 218 g/mol. The summed E-state index contributed by atoms with van der Waals surface area (Å²) in [4.78, 5) is 0. The van der Waals surface area contributed by atoms with Crippen LogP contribution >= 0.6 is 0 Å². The van der Waals surface area contributed by atoms with Gasteiger partial charge in [0.15, 0.2) is 0 Å². The van der Waals surface area contributed by atoms with Crippen LogP contribution in [0.15, 0.2) is 30.3 Å². The zero-order valence-electron chi connectivity index (χ0n) is 12.1. The Kier molecular flexibility index (Phi) is 4.45. The second kappa shape index (κ2) is 5.88. The molecule has 1 aliphatic rings. The molecule has 1 nitrogen and oxygen atoms in total. The van der Waals surface area contributed by atoms with Crippen LogP contribution in [-0.4, -0.2) is 12.6 Å². The summed E-state index contributed by atoms with van der Waals surface area (Å²) < 4.78 is 0. The minimum Gasteiger partial charge on any atom is -0.313 e. The van der Waals surface area contributed by atoms with Gasteiger partial charge in [0.2, 0.25) is 0 Å². The first-order chi connectivity index (χ1) is 8.66. The van der Waals surface area contributed by atoms with Crippen LogP contribution in [0.5, 0.6) is 0 Å². The topological polar surface area (TPSA) is 12.0 Å². The van der Waals surface area contributed by atoms with Crippen LogP contribution < -0.4 is 5.32 Å². The van der Waals surface area contributed by atoms with Crippen LogP contribution in [0.3, 0.4) is 0 Å². The number of nitrogens with one attached hydrogen (secondary N) is 1. The second-order valence-electron chi connectivity index (χ2n) is 6.25. The fraction of sp³-hybridized carbons (Fsp3) is 0.647. The lowest BCUT2D eigenvalue weighted by Gasteiger charge is -2.35. The normalized spacial score (nSPS) is 18.9. The zero-order valence-corrected chi connectivity index (χ0v) is 12.1. The molecule has 0 amide bonds. The van der Waals surface area contributed by atoms with E-state index in [0.29, 0.717) is 5.41 Å². The molecule has 1 unspecified atom stereocenters. The third kappa shape index (κ3) is 3.35. The quantitative estimate of drug-likeness (QED) is 0.761. The van der Waals surface area contributed by atoms with E-state index >= 15 is 0 Å². The van der Waals surface area contributed by atoms with Gasteiger partial charge in [-0.1, -0.05) is 51.1 Å². The summed E-state index contributed by atoms with van der Waals surface area (Å²) >= 11 is 0. The molecule has 1 atom stereocenters. The highest BCUT2D eigenvalue weighted by molar-refractivity contribution is 5.26. The molecular formula is C17H27N. The highest BCUT2D eigenvalue weighted by Gasteiger charge is 2.33. The summed E-state index contributed by atoms with van der Waals surface area (Å²) in [6.45, 7) is 8.15. The minimum absolute atomic E-state index is 0.317. The Morgan fingerprint density at radius 3 is 2.39 bits per heavy atom. The predicted octanol–water partition coefficient (Wildman–Crippen LogP) is 4.13. The SMILES string of the molecule is CCC(CNC1CC1)(CC(C)C)c1ccccc1. The summed E-state index contributed by atoms with van der Waals surface area (Å²) in [5, 5.41) is 3.75. The van der Waals surface area contributed by atoms with Gasteiger partial charge in [0.25, 0.3) is 0 Å². The van der Waals surface area contributed by atoms with Gasteiger partial charge in [-0.3, -0.25) is 0 Å². The lowest BCUT2D eigenvalue weighted by molar-refractivity contribution is 0.310. The Labute approximate surface area is 112 Å². The molecule has 1 N–H and O–H groups in total. The number of rotatable bonds is 7. The maximum absolute atomic E-state index is 3.75. The van der Waals surface area contributed by atoms with Crippen molar-refractivity contribution in [2.75, 3.05) is 6.54 Å². The first-order valence-electron chi connectivity index (χ1n) is 7.45. The third-order valence-corrected chi connectivity index (χ3v) is 4.17. The molecule has 1 heteroatoms. The van der Waals surface area contributed by atoms with Gasteiger partial charge < -0.3 is 5.32 Å². The third-order valence-electron chi connectivity index (χ3n) is 4.17. The molecule has 2 rings (SSSR count). The van der Waals surface area contributed by atoms with Gasteiger partial charge in [-0.15, -0.1) is 0 Å². The molecule has 0 bridgehead atoms. The van der Waals surface area contributed by atoms with Crippen molar-refractivity contribution in [3.05, 3.63) is 35.9 Å². The van der Waals surface area contributed by atoms with E-state index in [1.54, 1.807) is 0 Å². The van der Waals surface area contributed by atoms with E-state index in [1.807, 2.05) is 0 Å². The maximum atomic E-state index is 3.75. The summed E-state index contributed by atoms with van der Waals surface area (Å²) in [7, 11) is 0. The molecule has 1 saturated carbocycles. The molecule has 1 aromatic rings. The number of hydrogen-bond donors (Lipinski definition) is 1. The Balaban J connectivity index is 2.17. The minimum atomic E-state index is 0.317. The van der Waals surface area contributed by atoms with Crippen LogP contribution in [0.2, 0.25) is 0 Å². The standard InChI is InChI=1S/C17H27N/c1-4-17(12-14(2)3,13-18-16-10-11-16)15-8-6-5-7-9-15/h5-9,14,16,18H,4,10-13H2,1-3H3. The van der Waals surface area contributed by atoms with Gasteiger partial charge in [0, 0.05) is 18.0 Å². The van der Waals surface area contributed by atoms with E-state index in [0.717, 1.165) is 18.5 Å². The molecule has 0 radical (unpaired) electrons. The molecule has 0 heterocycles. The van der Waals surface area contributed by atoms with Gasteiger partial charge in [-0.25, -0.2) is 0 Å². The Hall–Kier alpha value is -0.820. The summed E-state index contributed by atoms with van der Waals surface area (Å²) in [6.07, 6.45) is 5.23. The maximum Gasteiger partial charge on any atom is 0.00776 e. The second-order valence-corrected chi connectivity index (χ2v) is 6.25. The van der Waals surface area contributed by atoms with Crippen LogP contribution in [0.25, 0.3) is 0 Å². The van der Waals surface area contributed by atoms with Crippen molar-refractivity contribution < 1.29 is 0 Å². The van der Waals surface area contributed by atoms with Gasteiger partial charge in [-0.05, 0) is 37.2 Å². The Bertz CT molecular complexity index is 353. The van der Waals surface area contributed by atoms with Crippen molar-refractivity contribution in [1.29, 1.82) is 0 Å². The van der Waals surface area contributed by atoms with Gasteiger partial charge in [0.1, 0.15) is 0 Å². The van der Waals surface area contributed by atoms with Crippen LogP contribution in [-0.2, 0) is 5.41 Å². The first-order valence-corrected chi connectivity index (χ1v) is 7.45.